The minimum Gasteiger partial charge on any atom is -0.501 e. The van der Waals surface area contributed by atoms with Crippen LogP contribution in [0.25, 0.3) is 0 Å². The zero-order valence-corrected chi connectivity index (χ0v) is 11.5. The molecule has 0 aromatic heterocycles. The van der Waals surface area contributed by atoms with Crippen LogP contribution in [0.2, 0.25) is 0 Å². The van der Waals surface area contributed by atoms with E-state index in [9.17, 15) is 4.21 Å². The summed E-state index contributed by atoms with van der Waals surface area (Å²) in [5.74, 6) is 2.56. The van der Waals surface area contributed by atoms with Gasteiger partial charge in [0.1, 0.15) is 0 Å². The van der Waals surface area contributed by atoms with Crippen LogP contribution in [0.3, 0.4) is 0 Å². The predicted octanol–water partition coefficient (Wildman–Crippen LogP) is 3.40. The molecule has 2 aliphatic rings. The molecule has 0 bridgehead atoms. The summed E-state index contributed by atoms with van der Waals surface area (Å²) in [5, 5.41) is 0. The van der Waals surface area contributed by atoms with Crippen molar-refractivity contribution in [1.29, 1.82) is 0 Å². The van der Waals surface area contributed by atoms with Crippen LogP contribution >= 0.6 is 0 Å². The molecule has 0 atom stereocenters. The molecule has 3 heteroatoms. The van der Waals surface area contributed by atoms with E-state index in [1.807, 2.05) is 6.26 Å². The molecule has 0 N–H and O–H groups in total. The summed E-state index contributed by atoms with van der Waals surface area (Å²) in [4.78, 5) is 0. The van der Waals surface area contributed by atoms with Crippen molar-refractivity contribution >= 4 is 10.8 Å². The molecule has 1 aliphatic heterocycles. The maximum absolute atomic E-state index is 11.2. The average Bonchev–Trinajstić information content (AvgIpc) is 2.38. The highest BCUT2D eigenvalue weighted by atomic mass is 32.2. The Balaban J connectivity index is 1.58. The molecule has 0 unspecified atom stereocenters. The minimum atomic E-state index is -0.525. The van der Waals surface area contributed by atoms with Gasteiger partial charge in [0, 0.05) is 22.3 Å². The average molecular weight is 256 g/mol. The molecule has 2 rings (SSSR count). The van der Waals surface area contributed by atoms with Crippen LogP contribution < -0.4 is 0 Å². The lowest BCUT2D eigenvalue weighted by Gasteiger charge is -2.21. The quantitative estimate of drug-likeness (QED) is 0.569. The molecule has 0 radical (unpaired) electrons. The summed E-state index contributed by atoms with van der Waals surface area (Å²) >= 11 is 0. The van der Waals surface area contributed by atoms with E-state index in [0.717, 1.165) is 43.3 Å². The third-order valence-corrected chi connectivity index (χ3v) is 5.28. The largest absolute Gasteiger partial charge is 0.501 e. The van der Waals surface area contributed by atoms with Crippen LogP contribution in [0.4, 0.5) is 0 Å². The molecule has 1 saturated carbocycles. The molecular weight excluding hydrogens is 232 g/mol. The van der Waals surface area contributed by atoms with Crippen LogP contribution in [0.15, 0.2) is 11.8 Å². The van der Waals surface area contributed by atoms with Crippen LogP contribution in [-0.4, -0.2) is 22.3 Å². The van der Waals surface area contributed by atoms with Gasteiger partial charge in [0.15, 0.2) is 0 Å². The van der Waals surface area contributed by atoms with Gasteiger partial charge in [-0.15, -0.1) is 0 Å². The Morgan fingerprint density at radius 1 is 1.18 bits per heavy atom. The SMILES string of the molecule is O=S1CCC(CCOC=C2CCCCC2)CC1. The van der Waals surface area contributed by atoms with Crippen molar-refractivity contribution in [2.75, 3.05) is 18.1 Å². The highest BCUT2D eigenvalue weighted by Crippen LogP contribution is 2.23. The Kier molecular flexibility index (Phi) is 5.56. The molecule has 98 valence electrons. The lowest BCUT2D eigenvalue weighted by Crippen LogP contribution is -2.19. The lowest BCUT2D eigenvalue weighted by atomic mass is 9.96. The van der Waals surface area contributed by atoms with Crippen LogP contribution in [-0.2, 0) is 15.5 Å². The van der Waals surface area contributed by atoms with Gasteiger partial charge in [-0.25, -0.2) is 0 Å². The van der Waals surface area contributed by atoms with Crippen molar-refractivity contribution < 1.29 is 8.95 Å². The molecule has 1 aliphatic carbocycles. The molecule has 1 heterocycles. The summed E-state index contributed by atoms with van der Waals surface area (Å²) in [6.07, 6.45) is 12.0. The standard InChI is InChI=1S/C14H24O2S/c15-17-10-7-13(8-11-17)6-9-16-12-14-4-2-1-3-5-14/h12-13H,1-11H2. The molecule has 2 nitrogen and oxygen atoms in total. The fraction of sp³-hybridized carbons (Fsp3) is 0.857. The van der Waals surface area contributed by atoms with E-state index in [0.29, 0.717) is 0 Å². The fourth-order valence-electron chi connectivity index (χ4n) is 2.67. The second kappa shape index (κ2) is 7.20. The number of allylic oxidation sites excluding steroid dienone is 1. The van der Waals surface area contributed by atoms with Crippen molar-refractivity contribution in [2.24, 2.45) is 5.92 Å². The first-order chi connectivity index (χ1) is 8.34. The lowest BCUT2D eigenvalue weighted by molar-refractivity contribution is 0.213. The highest BCUT2D eigenvalue weighted by molar-refractivity contribution is 7.85. The molecule has 0 spiro atoms. The fourth-order valence-corrected chi connectivity index (χ4v) is 4.06. The number of hydrogen-bond acceptors (Lipinski definition) is 2. The summed E-state index contributed by atoms with van der Waals surface area (Å²) < 4.78 is 16.9. The number of hydrogen-bond donors (Lipinski definition) is 0. The summed E-state index contributed by atoms with van der Waals surface area (Å²) in [5.41, 5.74) is 1.50. The second-order valence-electron chi connectivity index (χ2n) is 5.29. The minimum absolute atomic E-state index is 0.525. The molecule has 1 saturated heterocycles. The first-order valence-corrected chi connectivity index (χ1v) is 8.48. The van der Waals surface area contributed by atoms with Crippen LogP contribution in [0.5, 0.6) is 0 Å². The van der Waals surface area contributed by atoms with Gasteiger partial charge in [-0.05, 0) is 56.4 Å². The smallest absolute Gasteiger partial charge is 0.0875 e. The van der Waals surface area contributed by atoms with Crippen molar-refractivity contribution in [3.05, 3.63) is 11.8 Å². The van der Waals surface area contributed by atoms with Gasteiger partial charge in [-0.3, -0.25) is 4.21 Å². The molecule has 0 amide bonds. The Labute approximate surface area is 107 Å². The third kappa shape index (κ3) is 4.82. The van der Waals surface area contributed by atoms with E-state index in [-0.39, 0.29) is 0 Å². The van der Waals surface area contributed by atoms with Gasteiger partial charge >= 0.3 is 0 Å². The maximum atomic E-state index is 11.2. The summed E-state index contributed by atoms with van der Waals surface area (Å²) in [6.45, 7) is 0.848. The monoisotopic (exact) mass is 256 g/mol. The van der Waals surface area contributed by atoms with Crippen molar-refractivity contribution in [1.82, 2.24) is 0 Å². The first-order valence-electron chi connectivity index (χ1n) is 6.99. The molecule has 17 heavy (non-hydrogen) atoms. The number of ether oxygens (including phenoxy) is 1. The summed E-state index contributed by atoms with van der Waals surface area (Å²) in [7, 11) is -0.525. The van der Waals surface area contributed by atoms with Gasteiger partial charge in [0.25, 0.3) is 0 Å². The molecule has 2 fully saturated rings. The number of rotatable bonds is 4. The Bertz CT molecular complexity index is 268. The first kappa shape index (κ1) is 13.1. The molecular formula is C14H24O2S. The van der Waals surface area contributed by atoms with E-state index < -0.39 is 10.8 Å². The molecule has 0 aromatic carbocycles. The normalized spacial score (nSPS) is 30.0. The Hall–Kier alpha value is -0.310. The molecule has 0 aromatic rings. The summed E-state index contributed by atoms with van der Waals surface area (Å²) in [6, 6.07) is 0. The van der Waals surface area contributed by atoms with Gasteiger partial charge in [-0.2, -0.15) is 0 Å². The van der Waals surface area contributed by atoms with Crippen LogP contribution in [0, 0.1) is 5.92 Å². The van der Waals surface area contributed by atoms with E-state index in [1.165, 1.54) is 37.7 Å². The zero-order chi connectivity index (χ0) is 11.9. The van der Waals surface area contributed by atoms with Crippen molar-refractivity contribution in [3.8, 4) is 0 Å². The van der Waals surface area contributed by atoms with Crippen molar-refractivity contribution in [2.45, 2.75) is 51.4 Å². The zero-order valence-electron chi connectivity index (χ0n) is 10.7. The van der Waals surface area contributed by atoms with E-state index in [2.05, 4.69) is 0 Å². The Morgan fingerprint density at radius 3 is 2.59 bits per heavy atom. The predicted molar refractivity (Wildman–Crippen MR) is 72.3 cm³/mol. The van der Waals surface area contributed by atoms with Crippen molar-refractivity contribution in [3.63, 3.8) is 0 Å². The van der Waals surface area contributed by atoms with Crippen LogP contribution in [0.1, 0.15) is 51.4 Å². The highest BCUT2D eigenvalue weighted by Gasteiger charge is 2.17. The Morgan fingerprint density at radius 2 is 1.88 bits per heavy atom. The topological polar surface area (TPSA) is 26.3 Å². The van der Waals surface area contributed by atoms with E-state index >= 15 is 0 Å². The maximum Gasteiger partial charge on any atom is 0.0875 e. The van der Waals surface area contributed by atoms with E-state index in [4.69, 9.17) is 4.74 Å². The van der Waals surface area contributed by atoms with Gasteiger partial charge in [0.05, 0.1) is 12.9 Å². The third-order valence-electron chi connectivity index (χ3n) is 3.90. The second-order valence-corrected chi connectivity index (χ2v) is 6.98. The van der Waals surface area contributed by atoms with E-state index in [1.54, 1.807) is 0 Å². The van der Waals surface area contributed by atoms with Gasteiger partial charge in [0.2, 0.25) is 0 Å². The van der Waals surface area contributed by atoms with Gasteiger partial charge < -0.3 is 4.74 Å². The van der Waals surface area contributed by atoms with Gasteiger partial charge in [-0.1, -0.05) is 6.42 Å².